The minimum absolute atomic E-state index is 0.116. The lowest BCUT2D eigenvalue weighted by Gasteiger charge is -2.71. The zero-order chi connectivity index (χ0) is 83.0. The van der Waals surface area contributed by atoms with Crippen molar-refractivity contribution in [3.63, 3.8) is 0 Å². The van der Waals surface area contributed by atoms with Crippen LogP contribution in [0.1, 0.15) is 120 Å². The molecule has 8 saturated heterocycles. The Morgan fingerprint density at radius 1 is 0.386 bits per heavy atom. The lowest BCUT2D eigenvalue weighted by Crippen LogP contribution is -2.70. The van der Waals surface area contributed by atoms with Crippen LogP contribution >= 0.6 is 0 Å². The Morgan fingerprint density at radius 3 is 1.37 bits per heavy atom. The van der Waals surface area contributed by atoms with Crippen molar-refractivity contribution in [2.75, 3.05) is 39.6 Å². The number of hydrogen-bond acceptors (Lipinski definition) is 39. The number of allylic oxidation sites excluding steroid dienone is 2. The van der Waals surface area contributed by atoms with Gasteiger partial charge in [-0.3, -0.25) is 4.79 Å². The van der Waals surface area contributed by atoms with Crippen LogP contribution in [0.5, 0.6) is 0 Å². The van der Waals surface area contributed by atoms with E-state index in [0.717, 1.165) is 5.57 Å². The molecule has 5 aliphatic carbocycles. The predicted octanol–water partition coefficient (Wildman–Crippen LogP) is -7.80. The van der Waals surface area contributed by atoms with Gasteiger partial charge in [0.15, 0.2) is 50.1 Å². The van der Waals surface area contributed by atoms with Crippen molar-refractivity contribution >= 4 is 5.97 Å². The molecule has 114 heavy (non-hydrogen) atoms. The van der Waals surface area contributed by atoms with Gasteiger partial charge in [0.05, 0.1) is 75.6 Å². The van der Waals surface area contributed by atoms with E-state index in [-0.39, 0.29) is 30.1 Å². The summed E-state index contributed by atoms with van der Waals surface area (Å²) in [5.41, 5.74) is -3.87. The molecule has 8 heterocycles. The molecular formula is C75H122O39. The van der Waals surface area contributed by atoms with Gasteiger partial charge < -0.3 is 188 Å². The Labute approximate surface area is 657 Å². The summed E-state index contributed by atoms with van der Waals surface area (Å²) in [5, 5.41) is 244. The van der Waals surface area contributed by atoms with Gasteiger partial charge in [0, 0.05) is 5.41 Å². The van der Waals surface area contributed by atoms with Crippen LogP contribution in [0, 0.1) is 50.2 Å². The molecule has 22 N–H and O–H groups in total. The van der Waals surface area contributed by atoms with Crippen LogP contribution in [0.4, 0.5) is 0 Å². The SMILES string of the molecule is CC1OC(OC2C(CO)OC(OC3C(C)OC(OC4C(OC(=O)C56CCC(C)(C)CC5C5=CCC7C8(C)CC(O)C(OC9OC(CO)C(O)C(OC%10OC(CO)C(O)C(O)C%10O)C9O)C(C)(CO)C8CCC7(C)C5(C)CC6)OC(CO)C4OC4OC(C)C(O)C(O)C4O)C(O)C3OC3OC(CO)C(O)C3O)C2O)C(O)C(O)C1O. The molecule has 0 aromatic heterocycles. The zero-order valence-electron chi connectivity index (χ0n) is 65.2. The molecule has 656 valence electrons. The highest BCUT2D eigenvalue weighted by Gasteiger charge is 2.73. The quantitative estimate of drug-likeness (QED) is 0.0272. The molecule has 0 amide bonds. The average molecular weight is 1650 g/mol. The molecule has 8 aliphatic heterocycles. The van der Waals surface area contributed by atoms with Crippen LogP contribution in [-0.2, 0) is 80.6 Å². The molecule has 0 aromatic carbocycles. The molecule has 0 spiro atoms. The maximum atomic E-state index is 16.2. The molecule has 47 unspecified atom stereocenters. The van der Waals surface area contributed by atoms with Gasteiger partial charge in [0.1, 0.15) is 153 Å². The topological polar surface area (TPSA) is 610 Å². The van der Waals surface area contributed by atoms with E-state index in [2.05, 4.69) is 40.7 Å². The fourth-order valence-corrected chi connectivity index (χ4v) is 21.8. The summed E-state index contributed by atoms with van der Waals surface area (Å²) in [6.45, 7) is 12.1. The number of aliphatic hydroxyl groups excluding tert-OH is 22. The van der Waals surface area contributed by atoms with Crippen LogP contribution in [0.15, 0.2) is 11.6 Å². The van der Waals surface area contributed by atoms with Crippen molar-refractivity contribution < 1.29 is 193 Å². The monoisotopic (exact) mass is 1650 g/mol. The van der Waals surface area contributed by atoms with Crippen molar-refractivity contribution in [2.45, 2.75) is 360 Å². The third kappa shape index (κ3) is 15.3. The molecule has 13 rings (SSSR count). The first-order valence-corrected chi connectivity index (χ1v) is 39.9. The van der Waals surface area contributed by atoms with Crippen LogP contribution < -0.4 is 0 Å². The van der Waals surface area contributed by atoms with Gasteiger partial charge in [0.25, 0.3) is 0 Å². The predicted molar refractivity (Wildman–Crippen MR) is 374 cm³/mol. The van der Waals surface area contributed by atoms with E-state index in [0.29, 0.717) is 44.9 Å². The van der Waals surface area contributed by atoms with Gasteiger partial charge >= 0.3 is 5.97 Å². The molecule has 0 aromatic rings. The van der Waals surface area contributed by atoms with E-state index < -0.39 is 318 Å². The van der Waals surface area contributed by atoms with E-state index in [1.54, 1.807) is 6.92 Å². The fraction of sp³-hybridized carbons (Fsp3) is 0.960. The van der Waals surface area contributed by atoms with Crippen molar-refractivity contribution in [2.24, 2.45) is 50.2 Å². The first-order valence-electron chi connectivity index (χ1n) is 39.9. The van der Waals surface area contributed by atoms with Gasteiger partial charge in [-0.05, 0) is 118 Å². The second-order valence-electron chi connectivity index (χ2n) is 36.0. The molecule has 13 aliphatic rings. The summed E-state index contributed by atoms with van der Waals surface area (Å²) in [5.74, 6) is -1.82. The van der Waals surface area contributed by atoms with Gasteiger partial charge in [-0.2, -0.15) is 0 Å². The van der Waals surface area contributed by atoms with Gasteiger partial charge in [0.2, 0.25) is 6.29 Å². The first kappa shape index (κ1) is 89.5. The number of fused-ring (bicyclic) bond motifs is 7. The first-order chi connectivity index (χ1) is 53.7. The Hall–Kier alpha value is -2.27. The van der Waals surface area contributed by atoms with Gasteiger partial charge in [-0.25, -0.2) is 0 Å². The zero-order valence-corrected chi connectivity index (χ0v) is 65.2. The Bertz CT molecular complexity index is 3270. The second kappa shape index (κ2) is 34.1. The van der Waals surface area contributed by atoms with Crippen LogP contribution in [0.3, 0.4) is 0 Å². The largest absolute Gasteiger partial charge is 0.432 e. The lowest BCUT2D eigenvalue weighted by molar-refractivity contribution is -0.375. The van der Waals surface area contributed by atoms with Gasteiger partial charge in [-0.15, -0.1) is 0 Å². The van der Waals surface area contributed by atoms with Crippen molar-refractivity contribution in [3.8, 4) is 0 Å². The molecule has 39 nitrogen and oxygen atoms in total. The molecule has 39 heteroatoms. The number of carbonyl (C=O) groups excluding carboxylic acids is 1. The molecule has 47 atom stereocenters. The van der Waals surface area contributed by atoms with Crippen molar-refractivity contribution in [1.29, 1.82) is 0 Å². The third-order valence-corrected chi connectivity index (χ3v) is 28.8. The summed E-state index contributed by atoms with van der Waals surface area (Å²) in [7, 11) is 0. The minimum atomic E-state index is -2.16. The third-order valence-electron chi connectivity index (χ3n) is 28.8. The van der Waals surface area contributed by atoms with Crippen LogP contribution in [0.25, 0.3) is 0 Å². The van der Waals surface area contributed by atoms with E-state index in [1.807, 2.05) is 0 Å². The average Bonchev–Trinajstić information content (AvgIpc) is 0.774. The van der Waals surface area contributed by atoms with E-state index in [9.17, 15) is 112 Å². The Morgan fingerprint density at radius 2 is 0.798 bits per heavy atom. The Kier molecular flexibility index (Phi) is 26.8. The van der Waals surface area contributed by atoms with Crippen LogP contribution in [0.2, 0.25) is 0 Å². The highest BCUT2D eigenvalue weighted by molar-refractivity contribution is 5.79. The highest BCUT2D eigenvalue weighted by atomic mass is 16.8. The Balaban J connectivity index is 0.776. The molecule has 0 bridgehead atoms. The maximum Gasteiger partial charge on any atom is 0.315 e. The van der Waals surface area contributed by atoms with E-state index in [4.69, 9.17) is 75.8 Å². The summed E-state index contributed by atoms with van der Waals surface area (Å²) < 4.78 is 98.3. The number of aliphatic hydroxyl groups is 22. The van der Waals surface area contributed by atoms with Crippen LogP contribution in [-0.4, -0.2) is 397 Å². The number of rotatable bonds is 22. The molecule has 12 fully saturated rings. The summed E-state index contributed by atoms with van der Waals surface area (Å²) in [6.07, 6.45) is -60.3. The fourth-order valence-electron chi connectivity index (χ4n) is 21.8. The minimum Gasteiger partial charge on any atom is -0.432 e. The number of carbonyl (C=O) groups is 1. The number of hydrogen-bond donors (Lipinski definition) is 22. The molecule has 0 radical (unpaired) electrons. The second-order valence-corrected chi connectivity index (χ2v) is 36.0. The molecular weight excluding hydrogens is 1520 g/mol. The highest BCUT2D eigenvalue weighted by Crippen LogP contribution is 2.76. The maximum absolute atomic E-state index is 16.2. The lowest BCUT2D eigenvalue weighted by atomic mass is 9.33. The summed E-state index contributed by atoms with van der Waals surface area (Å²) in [4.78, 5) is 16.2. The standard InChI is InChI=1S/C75H122O39/c1-26-39(83)44(88)48(92)61(99-26)108-55-35(23-79)105-66(51(55)95)107-54-28(3)101-65(53(97)58(54)111-63-47(91)42(86)33(21-77)103-63)112-59-56(109-62-49(93)45(89)40(84)27(2)100-62)36(24-80)106-68(59)114-69(98)75-16-14-70(4,5)18-30(75)29-10-11-38-71(6)19-31(82)60(72(7,25-81)37(71)12-13-74(38,9)73(29,8)15-17-75)113-67-52(96)57(43(87)34(22-78)104-67)110-64-50(94)46(90)41(85)32(20-76)102-64/h10,26-28,30-68,76-97H,11-25H2,1-9H3. The summed E-state index contributed by atoms with van der Waals surface area (Å²) in [6, 6.07) is 0. The smallest absolute Gasteiger partial charge is 0.315 e. The van der Waals surface area contributed by atoms with Gasteiger partial charge in [-0.1, -0.05) is 53.2 Å². The van der Waals surface area contributed by atoms with E-state index >= 15 is 4.79 Å². The summed E-state index contributed by atoms with van der Waals surface area (Å²) >= 11 is 0. The number of esters is 1. The normalized spacial score (nSPS) is 55.5. The van der Waals surface area contributed by atoms with E-state index in [1.165, 1.54) is 20.8 Å². The number of ether oxygens (including phenoxy) is 16. The molecule has 4 saturated carbocycles. The van der Waals surface area contributed by atoms with Crippen molar-refractivity contribution in [1.82, 2.24) is 0 Å². The van der Waals surface area contributed by atoms with Crippen molar-refractivity contribution in [3.05, 3.63) is 11.6 Å².